The highest BCUT2D eigenvalue weighted by Gasteiger charge is 2.23. The lowest BCUT2D eigenvalue weighted by Crippen LogP contribution is -2.31. The Morgan fingerprint density at radius 1 is 1.53 bits per heavy atom. The molecule has 6 heteroatoms. The van der Waals surface area contributed by atoms with Gasteiger partial charge in [0, 0.05) is 26.0 Å². The van der Waals surface area contributed by atoms with Crippen molar-refractivity contribution in [3.05, 3.63) is 5.89 Å². The maximum Gasteiger partial charge on any atom is 0.318 e. The van der Waals surface area contributed by atoms with E-state index in [0.29, 0.717) is 30.2 Å². The van der Waals surface area contributed by atoms with Crippen molar-refractivity contribution in [1.82, 2.24) is 10.2 Å². The van der Waals surface area contributed by atoms with E-state index in [1.807, 2.05) is 11.9 Å². The first-order chi connectivity index (χ1) is 7.31. The van der Waals surface area contributed by atoms with Crippen LogP contribution in [0.2, 0.25) is 0 Å². The molecular formula is C9H14ClN3O2. The predicted molar refractivity (Wildman–Crippen MR) is 56.3 cm³/mol. The van der Waals surface area contributed by atoms with Crippen molar-refractivity contribution in [2.45, 2.75) is 18.9 Å². The first kappa shape index (κ1) is 10.7. The molecule has 0 radical (unpaired) electrons. The highest BCUT2D eigenvalue weighted by Crippen LogP contribution is 2.18. The van der Waals surface area contributed by atoms with Crippen molar-refractivity contribution in [3.8, 4) is 0 Å². The molecule has 15 heavy (non-hydrogen) atoms. The normalized spacial score (nSPS) is 20.8. The average molecular weight is 232 g/mol. The van der Waals surface area contributed by atoms with E-state index in [0.717, 1.165) is 19.6 Å². The summed E-state index contributed by atoms with van der Waals surface area (Å²) in [6, 6.07) is 0.889. The van der Waals surface area contributed by atoms with Crippen molar-refractivity contribution in [3.63, 3.8) is 0 Å². The summed E-state index contributed by atoms with van der Waals surface area (Å²) in [6.45, 7) is 1.53. The summed E-state index contributed by atoms with van der Waals surface area (Å²) in [5.41, 5.74) is 0. The number of rotatable bonds is 4. The molecule has 1 aliphatic heterocycles. The van der Waals surface area contributed by atoms with Gasteiger partial charge >= 0.3 is 6.01 Å². The largest absolute Gasteiger partial charge is 0.408 e. The smallest absolute Gasteiger partial charge is 0.318 e. The molecule has 0 aliphatic carbocycles. The van der Waals surface area contributed by atoms with Gasteiger partial charge in [0.15, 0.2) is 0 Å². The fourth-order valence-corrected chi connectivity index (χ4v) is 1.71. The molecule has 0 N–H and O–H groups in total. The van der Waals surface area contributed by atoms with Crippen molar-refractivity contribution in [2.75, 3.05) is 31.0 Å². The number of likely N-dealkylation sites (N-methyl/N-ethyl adjacent to an activating group) is 1. The molecule has 2 rings (SSSR count). The number of hydrogen-bond donors (Lipinski definition) is 0. The van der Waals surface area contributed by atoms with Crippen LogP contribution in [0.5, 0.6) is 0 Å². The minimum Gasteiger partial charge on any atom is -0.408 e. The third kappa shape index (κ3) is 2.41. The number of nitrogens with zero attached hydrogens (tertiary/aromatic N) is 3. The van der Waals surface area contributed by atoms with Crippen LogP contribution in [-0.4, -0.2) is 42.4 Å². The number of hydrogen-bond acceptors (Lipinski definition) is 5. The Hall–Kier alpha value is -0.810. The summed E-state index contributed by atoms with van der Waals surface area (Å²) < 4.78 is 10.8. The van der Waals surface area contributed by atoms with Gasteiger partial charge in [-0.25, -0.2) is 0 Å². The van der Waals surface area contributed by atoms with Gasteiger partial charge in [0.05, 0.1) is 12.6 Å². The molecule has 1 aromatic rings. The summed E-state index contributed by atoms with van der Waals surface area (Å²) in [7, 11) is 1.94. The first-order valence-corrected chi connectivity index (χ1v) is 5.53. The van der Waals surface area contributed by atoms with Crippen LogP contribution in [0, 0.1) is 0 Å². The molecule has 0 amide bonds. The van der Waals surface area contributed by atoms with Gasteiger partial charge in [-0.3, -0.25) is 0 Å². The van der Waals surface area contributed by atoms with E-state index < -0.39 is 0 Å². The standard InChI is InChI=1S/C9H14ClN3O2/c1-13(7-3-5-14-6-7)9-12-11-8(15-9)2-4-10/h7H,2-6H2,1H3. The van der Waals surface area contributed by atoms with Crippen molar-refractivity contribution >= 4 is 17.6 Å². The summed E-state index contributed by atoms with van der Waals surface area (Å²) in [6.07, 6.45) is 1.62. The molecule has 0 aromatic carbocycles. The van der Waals surface area contributed by atoms with Gasteiger partial charge in [-0.1, -0.05) is 5.10 Å². The maximum absolute atomic E-state index is 5.59. The van der Waals surface area contributed by atoms with Crippen LogP contribution in [0.3, 0.4) is 0 Å². The lowest BCUT2D eigenvalue weighted by Gasteiger charge is -2.19. The second kappa shape index (κ2) is 4.81. The Morgan fingerprint density at radius 3 is 3.07 bits per heavy atom. The van der Waals surface area contributed by atoms with Crippen LogP contribution in [0.4, 0.5) is 6.01 Å². The number of aryl methyl sites for hydroxylation is 1. The summed E-state index contributed by atoms with van der Waals surface area (Å²) >= 11 is 5.59. The Labute approximate surface area is 93.4 Å². The fraction of sp³-hybridized carbons (Fsp3) is 0.778. The zero-order chi connectivity index (χ0) is 10.7. The number of halogens is 1. The molecule has 0 saturated carbocycles. The molecular weight excluding hydrogens is 218 g/mol. The topological polar surface area (TPSA) is 51.4 Å². The molecule has 84 valence electrons. The Bertz CT molecular complexity index is 312. The SMILES string of the molecule is CN(c1nnc(CCCl)o1)C1CCOC1. The Kier molecular flexibility index (Phi) is 3.43. The van der Waals surface area contributed by atoms with Gasteiger partial charge in [0.25, 0.3) is 0 Å². The summed E-state index contributed by atoms with van der Waals surface area (Å²) in [4.78, 5) is 1.97. The van der Waals surface area contributed by atoms with Crippen LogP contribution < -0.4 is 4.90 Å². The van der Waals surface area contributed by atoms with E-state index in [1.165, 1.54) is 0 Å². The third-order valence-corrected chi connectivity index (χ3v) is 2.71. The summed E-state index contributed by atoms with van der Waals surface area (Å²) in [5.74, 6) is 1.09. The number of anilines is 1. The minimum absolute atomic E-state index is 0.342. The highest BCUT2D eigenvalue weighted by atomic mass is 35.5. The lowest BCUT2D eigenvalue weighted by molar-refractivity contribution is 0.193. The molecule has 0 spiro atoms. The highest BCUT2D eigenvalue weighted by molar-refractivity contribution is 6.17. The Balaban J connectivity index is 2.00. The van der Waals surface area contributed by atoms with E-state index in [2.05, 4.69) is 10.2 Å². The van der Waals surface area contributed by atoms with Crippen molar-refractivity contribution in [2.24, 2.45) is 0 Å². The number of ether oxygens (including phenoxy) is 1. The molecule has 5 nitrogen and oxygen atoms in total. The molecule has 1 atom stereocenters. The molecule has 2 heterocycles. The second-order valence-corrected chi connectivity index (χ2v) is 3.92. The maximum atomic E-state index is 5.59. The second-order valence-electron chi connectivity index (χ2n) is 3.55. The van der Waals surface area contributed by atoms with Crippen LogP contribution in [-0.2, 0) is 11.2 Å². The van der Waals surface area contributed by atoms with Crippen LogP contribution >= 0.6 is 11.6 Å². The molecule has 0 bridgehead atoms. The van der Waals surface area contributed by atoms with Gasteiger partial charge in [-0.15, -0.1) is 16.7 Å². The van der Waals surface area contributed by atoms with Gasteiger partial charge in [-0.2, -0.15) is 0 Å². The Morgan fingerprint density at radius 2 is 2.40 bits per heavy atom. The van der Waals surface area contributed by atoms with Gasteiger partial charge in [-0.05, 0) is 6.42 Å². The molecule has 1 aliphatic rings. The summed E-state index contributed by atoms with van der Waals surface area (Å²) in [5, 5.41) is 7.89. The van der Waals surface area contributed by atoms with Crippen molar-refractivity contribution < 1.29 is 9.15 Å². The molecule has 1 unspecified atom stereocenters. The first-order valence-electron chi connectivity index (χ1n) is 5.00. The van der Waals surface area contributed by atoms with E-state index in [9.17, 15) is 0 Å². The predicted octanol–water partition coefficient (Wildman–Crippen LogP) is 1.08. The minimum atomic E-state index is 0.342. The average Bonchev–Trinajstić information content (AvgIpc) is 2.87. The van der Waals surface area contributed by atoms with E-state index in [1.54, 1.807) is 0 Å². The van der Waals surface area contributed by atoms with Crippen molar-refractivity contribution in [1.29, 1.82) is 0 Å². The number of aromatic nitrogens is 2. The van der Waals surface area contributed by atoms with E-state index in [-0.39, 0.29) is 0 Å². The monoisotopic (exact) mass is 231 g/mol. The van der Waals surface area contributed by atoms with E-state index in [4.69, 9.17) is 20.8 Å². The fourth-order valence-electron chi connectivity index (χ4n) is 1.55. The third-order valence-electron chi connectivity index (χ3n) is 2.52. The quantitative estimate of drug-likeness (QED) is 0.726. The zero-order valence-corrected chi connectivity index (χ0v) is 9.40. The van der Waals surface area contributed by atoms with Gasteiger partial charge in [0.2, 0.25) is 5.89 Å². The zero-order valence-electron chi connectivity index (χ0n) is 8.65. The number of alkyl halides is 1. The lowest BCUT2D eigenvalue weighted by atomic mass is 10.2. The molecule has 1 fully saturated rings. The van der Waals surface area contributed by atoms with Crippen LogP contribution in [0.25, 0.3) is 0 Å². The molecule has 1 saturated heterocycles. The van der Waals surface area contributed by atoms with Gasteiger partial charge < -0.3 is 14.1 Å². The van der Waals surface area contributed by atoms with E-state index >= 15 is 0 Å². The van der Waals surface area contributed by atoms with Gasteiger partial charge in [0.1, 0.15) is 0 Å². The van der Waals surface area contributed by atoms with Crippen LogP contribution in [0.15, 0.2) is 4.42 Å². The molecule has 1 aromatic heterocycles. The van der Waals surface area contributed by atoms with Crippen LogP contribution in [0.1, 0.15) is 12.3 Å².